The fourth-order valence-corrected chi connectivity index (χ4v) is 2.65. The largest absolute Gasteiger partial charge is 0.491 e. The summed E-state index contributed by atoms with van der Waals surface area (Å²) in [5, 5.41) is 3.57. The molecule has 19 heavy (non-hydrogen) atoms. The molecule has 1 aromatic rings. The summed E-state index contributed by atoms with van der Waals surface area (Å²) in [5.41, 5.74) is 1.19. The minimum absolute atomic E-state index is 0.286. The van der Waals surface area contributed by atoms with Crippen LogP contribution in [0.1, 0.15) is 52.4 Å². The Kier molecular flexibility index (Phi) is 5.56. The zero-order valence-electron chi connectivity index (χ0n) is 12.3. The van der Waals surface area contributed by atoms with Crippen molar-refractivity contribution in [3.63, 3.8) is 0 Å². The van der Waals surface area contributed by atoms with E-state index in [4.69, 9.17) is 4.74 Å². The molecule has 0 heterocycles. The van der Waals surface area contributed by atoms with Gasteiger partial charge in [0.2, 0.25) is 0 Å². The van der Waals surface area contributed by atoms with Gasteiger partial charge >= 0.3 is 0 Å². The molecule has 2 rings (SSSR count). The van der Waals surface area contributed by atoms with Crippen molar-refractivity contribution in [2.24, 2.45) is 5.92 Å². The predicted molar refractivity (Wildman–Crippen MR) is 81.9 cm³/mol. The Labute approximate surface area is 117 Å². The fourth-order valence-electron chi connectivity index (χ4n) is 2.65. The topological polar surface area (TPSA) is 21.3 Å². The van der Waals surface area contributed by atoms with Gasteiger partial charge in [0.15, 0.2) is 0 Å². The monoisotopic (exact) mass is 261 g/mol. The van der Waals surface area contributed by atoms with Crippen LogP contribution in [0.4, 0.5) is 5.69 Å². The maximum Gasteiger partial charge on any atom is 0.121 e. The molecule has 2 heteroatoms. The van der Waals surface area contributed by atoms with Crippen molar-refractivity contribution >= 4 is 5.69 Å². The highest BCUT2D eigenvalue weighted by atomic mass is 16.5. The van der Waals surface area contributed by atoms with Gasteiger partial charge in [-0.3, -0.25) is 0 Å². The highest BCUT2D eigenvalue weighted by Gasteiger charge is 2.12. The number of hydrogen-bond acceptors (Lipinski definition) is 2. The molecule has 1 N–H and O–H groups in total. The maximum absolute atomic E-state index is 5.86. The number of rotatable bonds is 6. The first-order valence-corrected chi connectivity index (χ1v) is 7.78. The first kappa shape index (κ1) is 14.2. The smallest absolute Gasteiger partial charge is 0.121 e. The van der Waals surface area contributed by atoms with Gasteiger partial charge in [-0.25, -0.2) is 0 Å². The number of hydrogen-bond donors (Lipinski definition) is 1. The molecular weight excluding hydrogens is 234 g/mol. The summed E-state index contributed by atoms with van der Waals surface area (Å²) >= 11 is 0. The molecule has 2 nitrogen and oxygen atoms in total. The van der Waals surface area contributed by atoms with Crippen molar-refractivity contribution in [1.82, 2.24) is 0 Å². The number of ether oxygens (including phenoxy) is 1. The summed E-state index contributed by atoms with van der Waals surface area (Å²) < 4.78 is 5.86. The van der Waals surface area contributed by atoms with E-state index in [2.05, 4.69) is 37.4 Å². The van der Waals surface area contributed by atoms with Crippen LogP contribution in [-0.2, 0) is 0 Å². The van der Waals surface area contributed by atoms with E-state index in [1.54, 1.807) is 0 Å². The molecule has 1 aliphatic rings. The second-order valence-electron chi connectivity index (χ2n) is 5.75. The minimum Gasteiger partial charge on any atom is -0.491 e. The molecule has 1 unspecified atom stereocenters. The molecule has 1 aliphatic carbocycles. The van der Waals surface area contributed by atoms with Gasteiger partial charge in [-0.1, -0.05) is 32.3 Å². The molecule has 0 aromatic heterocycles. The Balaban J connectivity index is 1.84. The van der Waals surface area contributed by atoms with Crippen molar-refractivity contribution in [2.75, 3.05) is 11.9 Å². The van der Waals surface area contributed by atoms with E-state index in [-0.39, 0.29) is 6.10 Å². The zero-order chi connectivity index (χ0) is 13.5. The van der Waals surface area contributed by atoms with Crippen LogP contribution >= 0.6 is 0 Å². The molecular formula is C17H27NO. The summed E-state index contributed by atoms with van der Waals surface area (Å²) in [5.74, 6) is 1.83. The van der Waals surface area contributed by atoms with E-state index in [0.717, 1.165) is 24.6 Å². The van der Waals surface area contributed by atoms with Gasteiger partial charge in [0.1, 0.15) is 5.75 Å². The second kappa shape index (κ2) is 7.42. The Hall–Kier alpha value is -1.18. The van der Waals surface area contributed by atoms with Crippen molar-refractivity contribution < 1.29 is 4.74 Å². The maximum atomic E-state index is 5.86. The van der Waals surface area contributed by atoms with Gasteiger partial charge in [0.05, 0.1) is 6.10 Å². The fraction of sp³-hybridized carbons (Fsp3) is 0.647. The summed E-state index contributed by atoms with van der Waals surface area (Å²) in [6, 6.07) is 8.36. The summed E-state index contributed by atoms with van der Waals surface area (Å²) in [4.78, 5) is 0. The third kappa shape index (κ3) is 4.77. The normalized spacial score (nSPS) is 18.0. The van der Waals surface area contributed by atoms with Crippen LogP contribution in [0.2, 0.25) is 0 Å². The molecule has 106 valence electrons. The van der Waals surface area contributed by atoms with Crippen molar-refractivity contribution in [2.45, 2.75) is 58.5 Å². The van der Waals surface area contributed by atoms with E-state index in [0.29, 0.717) is 0 Å². The molecule has 0 saturated heterocycles. The molecule has 1 fully saturated rings. The van der Waals surface area contributed by atoms with Gasteiger partial charge in [-0.05, 0) is 44.2 Å². The lowest BCUT2D eigenvalue weighted by Gasteiger charge is -2.22. The second-order valence-corrected chi connectivity index (χ2v) is 5.75. The molecule has 0 spiro atoms. The van der Waals surface area contributed by atoms with Crippen molar-refractivity contribution in [3.05, 3.63) is 24.3 Å². The molecule has 0 radical (unpaired) electrons. The van der Waals surface area contributed by atoms with Crippen LogP contribution in [0.25, 0.3) is 0 Å². The number of benzene rings is 1. The lowest BCUT2D eigenvalue weighted by molar-refractivity contribution is 0.217. The van der Waals surface area contributed by atoms with Gasteiger partial charge < -0.3 is 10.1 Å². The third-order valence-corrected chi connectivity index (χ3v) is 4.07. The highest BCUT2D eigenvalue weighted by molar-refractivity contribution is 5.48. The lowest BCUT2D eigenvalue weighted by Crippen LogP contribution is -2.17. The molecule has 0 bridgehead atoms. The van der Waals surface area contributed by atoms with Crippen molar-refractivity contribution in [3.8, 4) is 5.75 Å². The summed E-state index contributed by atoms with van der Waals surface area (Å²) in [7, 11) is 0. The van der Waals surface area contributed by atoms with Gasteiger partial charge in [0, 0.05) is 18.3 Å². The Bertz CT molecular complexity index is 371. The average molecular weight is 261 g/mol. The third-order valence-electron chi connectivity index (χ3n) is 4.07. The van der Waals surface area contributed by atoms with E-state index >= 15 is 0 Å². The van der Waals surface area contributed by atoms with E-state index in [1.165, 1.54) is 37.8 Å². The van der Waals surface area contributed by atoms with E-state index in [1.807, 2.05) is 6.07 Å². The van der Waals surface area contributed by atoms with Crippen LogP contribution < -0.4 is 10.1 Å². The Morgan fingerprint density at radius 1 is 1.26 bits per heavy atom. The zero-order valence-corrected chi connectivity index (χ0v) is 12.3. The average Bonchev–Trinajstić information content (AvgIpc) is 2.46. The lowest BCUT2D eigenvalue weighted by atomic mass is 9.89. The first-order chi connectivity index (χ1) is 9.28. The van der Waals surface area contributed by atoms with Crippen LogP contribution in [-0.4, -0.2) is 12.6 Å². The van der Waals surface area contributed by atoms with Crippen molar-refractivity contribution in [1.29, 1.82) is 0 Å². The van der Waals surface area contributed by atoms with Gasteiger partial charge in [-0.2, -0.15) is 0 Å². The highest BCUT2D eigenvalue weighted by Crippen LogP contribution is 2.25. The molecule has 0 amide bonds. The Morgan fingerprint density at radius 3 is 2.79 bits per heavy atom. The standard InChI is InChI=1S/C17H27NO/c1-3-14(2)19-17-11-7-10-16(12-17)18-13-15-8-5-4-6-9-15/h7,10-12,14-15,18H,3-6,8-9,13H2,1-2H3. The van der Waals surface area contributed by atoms with Crippen LogP contribution in [0.3, 0.4) is 0 Å². The number of nitrogens with one attached hydrogen (secondary N) is 1. The predicted octanol–water partition coefficient (Wildman–Crippen LogP) is 4.86. The van der Waals surface area contributed by atoms with Crippen LogP contribution in [0, 0.1) is 5.92 Å². The van der Waals surface area contributed by atoms with Gasteiger partial charge in [-0.15, -0.1) is 0 Å². The van der Waals surface area contributed by atoms with Gasteiger partial charge in [0.25, 0.3) is 0 Å². The molecule has 1 saturated carbocycles. The number of anilines is 1. The molecule has 1 aromatic carbocycles. The van der Waals surface area contributed by atoms with E-state index < -0.39 is 0 Å². The van der Waals surface area contributed by atoms with E-state index in [9.17, 15) is 0 Å². The SMILES string of the molecule is CCC(C)Oc1cccc(NCC2CCCCC2)c1. The molecule has 0 aliphatic heterocycles. The quantitative estimate of drug-likeness (QED) is 0.790. The molecule has 1 atom stereocenters. The minimum atomic E-state index is 0.286. The summed E-state index contributed by atoms with van der Waals surface area (Å²) in [6.07, 6.45) is 8.33. The summed E-state index contributed by atoms with van der Waals surface area (Å²) in [6.45, 7) is 5.37. The van der Waals surface area contributed by atoms with Crippen LogP contribution in [0.15, 0.2) is 24.3 Å². The Morgan fingerprint density at radius 2 is 2.05 bits per heavy atom. The first-order valence-electron chi connectivity index (χ1n) is 7.78. The van der Waals surface area contributed by atoms with Crippen LogP contribution in [0.5, 0.6) is 5.75 Å².